The lowest BCUT2D eigenvalue weighted by molar-refractivity contribution is -0.222. The minimum Gasteiger partial charge on any atom is -0.466 e. The molecule has 2 fully saturated rings. The summed E-state index contributed by atoms with van der Waals surface area (Å²) in [4.78, 5) is 38.0. The molecule has 1 aromatic rings. The Morgan fingerprint density at radius 1 is 1.17 bits per heavy atom. The number of esters is 3. The van der Waals surface area contributed by atoms with Gasteiger partial charge in [0.05, 0.1) is 12.5 Å². The number of ether oxygens (including phenoxy) is 3. The van der Waals surface area contributed by atoms with Crippen LogP contribution in [0.4, 0.5) is 11.4 Å². The van der Waals surface area contributed by atoms with Crippen LogP contribution in [-0.2, 0) is 28.6 Å². The minimum absolute atomic E-state index is 0.0289. The average molecular weight is 402 g/mol. The van der Waals surface area contributed by atoms with Gasteiger partial charge in [0.15, 0.2) is 5.57 Å². The maximum atomic E-state index is 11.9. The topological polar surface area (TPSA) is 94.2 Å². The maximum absolute atomic E-state index is 11.9. The van der Waals surface area contributed by atoms with E-state index >= 15 is 0 Å². The van der Waals surface area contributed by atoms with Crippen LogP contribution < -0.4 is 10.2 Å². The van der Waals surface area contributed by atoms with Gasteiger partial charge in [0.2, 0.25) is 0 Å². The van der Waals surface area contributed by atoms with Gasteiger partial charge in [-0.2, -0.15) is 0 Å². The van der Waals surface area contributed by atoms with Crippen molar-refractivity contribution in [3.05, 3.63) is 36.0 Å². The van der Waals surface area contributed by atoms with Gasteiger partial charge in [-0.1, -0.05) is 0 Å². The van der Waals surface area contributed by atoms with Crippen molar-refractivity contribution < 1.29 is 28.6 Å². The van der Waals surface area contributed by atoms with Crippen molar-refractivity contribution in [3.8, 4) is 0 Å². The SMILES string of the molecule is CCOC(=O)C1CCN(c2ccc(NC=C3C(=O)OC(C)(C)OC3=O)cc2)CC1. The molecule has 1 aromatic carbocycles. The van der Waals surface area contributed by atoms with E-state index in [4.69, 9.17) is 14.2 Å². The second-order valence-corrected chi connectivity index (χ2v) is 7.44. The molecule has 1 N–H and O–H groups in total. The Bertz CT molecular complexity index is 785. The van der Waals surface area contributed by atoms with Gasteiger partial charge >= 0.3 is 17.9 Å². The molecule has 156 valence electrons. The molecule has 3 rings (SSSR count). The Balaban J connectivity index is 1.57. The molecule has 2 saturated heterocycles. The summed E-state index contributed by atoms with van der Waals surface area (Å²) in [6.07, 6.45) is 2.83. The van der Waals surface area contributed by atoms with E-state index in [0.717, 1.165) is 31.6 Å². The van der Waals surface area contributed by atoms with E-state index in [9.17, 15) is 14.4 Å². The van der Waals surface area contributed by atoms with Gasteiger partial charge in [-0.25, -0.2) is 9.59 Å². The van der Waals surface area contributed by atoms with Crippen molar-refractivity contribution in [2.24, 2.45) is 5.92 Å². The third kappa shape index (κ3) is 5.07. The fourth-order valence-corrected chi connectivity index (χ4v) is 3.34. The molecule has 0 spiro atoms. The number of benzene rings is 1. The zero-order valence-electron chi connectivity index (χ0n) is 16.9. The maximum Gasteiger partial charge on any atom is 0.350 e. The Kier molecular flexibility index (Phi) is 6.10. The predicted molar refractivity (Wildman–Crippen MR) is 106 cm³/mol. The van der Waals surface area contributed by atoms with Crippen LogP contribution in [0.25, 0.3) is 0 Å². The highest BCUT2D eigenvalue weighted by Gasteiger charge is 2.38. The molecular formula is C21H26N2O6. The quantitative estimate of drug-likeness (QED) is 0.456. The van der Waals surface area contributed by atoms with E-state index in [1.54, 1.807) is 0 Å². The molecule has 8 heteroatoms. The molecule has 0 aromatic heterocycles. The van der Waals surface area contributed by atoms with E-state index in [-0.39, 0.29) is 17.5 Å². The van der Waals surface area contributed by atoms with E-state index in [1.165, 1.54) is 20.0 Å². The van der Waals surface area contributed by atoms with Crippen LogP contribution in [0.15, 0.2) is 36.0 Å². The summed E-state index contributed by atoms with van der Waals surface area (Å²) in [5.41, 5.74) is 1.58. The van der Waals surface area contributed by atoms with Gasteiger partial charge < -0.3 is 24.4 Å². The second-order valence-electron chi connectivity index (χ2n) is 7.44. The van der Waals surface area contributed by atoms with Crippen LogP contribution in [0.3, 0.4) is 0 Å². The number of anilines is 2. The number of nitrogens with zero attached hydrogens (tertiary/aromatic N) is 1. The fraction of sp³-hybridized carbons (Fsp3) is 0.476. The summed E-state index contributed by atoms with van der Waals surface area (Å²) in [6, 6.07) is 7.61. The van der Waals surface area contributed by atoms with Gasteiger partial charge in [-0.15, -0.1) is 0 Å². The molecule has 0 amide bonds. The molecular weight excluding hydrogens is 376 g/mol. The number of hydrogen-bond acceptors (Lipinski definition) is 8. The van der Waals surface area contributed by atoms with Crippen LogP contribution in [0.1, 0.15) is 33.6 Å². The monoisotopic (exact) mass is 402 g/mol. The third-order valence-corrected chi connectivity index (χ3v) is 4.85. The molecule has 0 atom stereocenters. The summed E-state index contributed by atoms with van der Waals surface area (Å²) in [7, 11) is 0. The Labute approximate surface area is 169 Å². The van der Waals surface area contributed by atoms with Crippen molar-refractivity contribution in [2.45, 2.75) is 39.4 Å². The molecule has 0 unspecified atom stereocenters. The predicted octanol–water partition coefficient (Wildman–Crippen LogP) is 2.60. The number of rotatable bonds is 5. The largest absolute Gasteiger partial charge is 0.466 e. The molecule has 0 radical (unpaired) electrons. The highest BCUT2D eigenvalue weighted by atomic mass is 16.7. The Hall–Kier alpha value is -3.03. The number of carbonyl (C=O) groups is 3. The first-order valence-electron chi connectivity index (χ1n) is 9.74. The first kappa shape index (κ1) is 20.7. The standard InChI is InChI=1S/C21H26N2O6/c1-4-27-18(24)14-9-11-23(12-10-14)16-7-5-15(6-8-16)22-13-17-19(25)28-21(2,3)29-20(17)26/h5-8,13-14,22H,4,9-12H2,1-3H3. The number of carbonyl (C=O) groups excluding carboxylic acids is 3. The zero-order chi connectivity index (χ0) is 21.0. The van der Waals surface area contributed by atoms with Gasteiger partial charge in [-0.05, 0) is 44.0 Å². The van der Waals surface area contributed by atoms with Gasteiger partial charge in [0, 0.05) is 44.5 Å². The smallest absolute Gasteiger partial charge is 0.350 e. The first-order chi connectivity index (χ1) is 13.8. The second kappa shape index (κ2) is 8.55. The first-order valence-corrected chi connectivity index (χ1v) is 9.74. The lowest BCUT2D eigenvalue weighted by Crippen LogP contribution is -2.42. The zero-order valence-corrected chi connectivity index (χ0v) is 16.9. The molecule has 29 heavy (non-hydrogen) atoms. The molecule has 0 saturated carbocycles. The third-order valence-electron chi connectivity index (χ3n) is 4.85. The van der Waals surface area contributed by atoms with E-state index < -0.39 is 17.7 Å². The van der Waals surface area contributed by atoms with Crippen molar-refractivity contribution in [1.29, 1.82) is 0 Å². The molecule has 2 heterocycles. The molecule has 2 aliphatic heterocycles. The van der Waals surface area contributed by atoms with E-state index in [0.29, 0.717) is 12.3 Å². The van der Waals surface area contributed by atoms with Crippen LogP contribution in [0.5, 0.6) is 0 Å². The van der Waals surface area contributed by atoms with Gasteiger partial charge in [-0.3, -0.25) is 4.79 Å². The molecule has 8 nitrogen and oxygen atoms in total. The highest BCUT2D eigenvalue weighted by molar-refractivity contribution is 6.15. The van der Waals surface area contributed by atoms with Gasteiger partial charge in [0.25, 0.3) is 5.79 Å². The number of cyclic esters (lactones) is 2. The summed E-state index contributed by atoms with van der Waals surface area (Å²) in [5.74, 6) is -2.84. The lowest BCUT2D eigenvalue weighted by Gasteiger charge is -2.32. The summed E-state index contributed by atoms with van der Waals surface area (Å²) in [6.45, 7) is 6.81. The van der Waals surface area contributed by atoms with Crippen LogP contribution >= 0.6 is 0 Å². The van der Waals surface area contributed by atoms with Crippen molar-refractivity contribution in [3.63, 3.8) is 0 Å². The summed E-state index contributed by atoms with van der Waals surface area (Å²) in [5, 5.41) is 2.93. The Morgan fingerprint density at radius 3 is 2.31 bits per heavy atom. The lowest BCUT2D eigenvalue weighted by atomic mass is 9.96. The molecule has 0 bridgehead atoms. The van der Waals surface area contributed by atoms with Crippen molar-refractivity contribution in [2.75, 3.05) is 29.9 Å². The van der Waals surface area contributed by atoms with E-state index in [1.807, 2.05) is 31.2 Å². The average Bonchev–Trinajstić information content (AvgIpc) is 2.67. The normalized spacial score (nSPS) is 19.3. The summed E-state index contributed by atoms with van der Waals surface area (Å²) >= 11 is 0. The highest BCUT2D eigenvalue weighted by Crippen LogP contribution is 2.26. The van der Waals surface area contributed by atoms with E-state index in [2.05, 4.69) is 10.2 Å². The molecule has 0 aliphatic carbocycles. The van der Waals surface area contributed by atoms with Crippen molar-refractivity contribution in [1.82, 2.24) is 0 Å². The fourth-order valence-electron chi connectivity index (χ4n) is 3.34. The van der Waals surface area contributed by atoms with Gasteiger partial charge in [0.1, 0.15) is 0 Å². The number of hydrogen-bond donors (Lipinski definition) is 1. The Morgan fingerprint density at radius 2 is 1.76 bits per heavy atom. The number of piperidine rings is 1. The summed E-state index contributed by atoms with van der Waals surface area (Å²) < 4.78 is 15.2. The van der Waals surface area contributed by atoms with Crippen LogP contribution in [0, 0.1) is 5.92 Å². The number of nitrogens with one attached hydrogen (secondary N) is 1. The van der Waals surface area contributed by atoms with Crippen LogP contribution in [0.2, 0.25) is 0 Å². The minimum atomic E-state index is -1.26. The van der Waals surface area contributed by atoms with Crippen LogP contribution in [-0.4, -0.2) is 43.4 Å². The molecule has 2 aliphatic rings. The van der Waals surface area contributed by atoms with Crippen molar-refractivity contribution >= 4 is 29.3 Å².